The monoisotopic (exact) mass is 296 g/mol. The third-order valence-corrected chi connectivity index (χ3v) is 5.24. The summed E-state index contributed by atoms with van der Waals surface area (Å²) in [6.07, 6.45) is 3.08. The quantitative estimate of drug-likeness (QED) is 0.782. The van der Waals surface area contributed by atoms with Crippen molar-refractivity contribution < 1.29 is 13.8 Å². The lowest BCUT2D eigenvalue weighted by atomic mass is 10.2. The molecule has 110 valence electrons. The maximum atomic E-state index is 12.5. The molecule has 0 saturated carbocycles. The van der Waals surface area contributed by atoms with Gasteiger partial charge in [-0.1, -0.05) is 13.0 Å². The van der Waals surface area contributed by atoms with Crippen molar-refractivity contribution in [2.75, 3.05) is 6.26 Å². The highest BCUT2D eigenvalue weighted by Crippen LogP contribution is 2.22. The van der Waals surface area contributed by atoms with Crippen molar-refractivity contribution in [3.05, 3.63) is 29.6 Å². The Morgan fingerprint density at radius 1 is 1.40 bits per heavy atom. The van der Waals surface area contributed by atoms with Gasteiger partial charge in [-0.2, -0.15) is 4.36 Å². The molecule has 0 aromatic carbocycles. The molecule has 0 N–H and O–H groups in total. The number of rotatable bonds is 5. The number of amides is 1. The number of nitrogens with zero attached hydrogens (tertiary/aromatic N) is 2. The van der Waals surface area contributed by atoms with E-state index in [0.29, 0.717) is 0 Å². The van der Waals surface area contributed by atoms with E-state index in [4.69, 9.17) is 0 Å². The van der Waals surface area contributed by atoms with Gasteiger partial charge in [-0.3, -0.25) is 14.6 Å². The number of aryl methyl sites for hydroxylation is 1. The zero-order chi connectivity index (χ0) is 15.3. The summed E-state index contributed by atoms with van der Waals surface area (Å²) in [6.45, 7) is 5.29. The van der Waals surface area contributed by atoms with Crippen LogP contribution < -0.4 is 0 Å². The Kier molecular flexibility index (Phi) is 5.56. The zero-order valence-corrected chi connectivity index (χ0v) is 13.1. The van der Waals surface area contributed by atoms with Crippen molar-refractivity contribution >= 4 is 21.4 Å². The molecule has 0 aliphatic rings. The Morgan fingerprint density at radius 3 is 2.55 bits per heavy atom. The summed E-state index contributed by atoms with van der Waals surface area (Å²) >= 11 is 0. The lowest BCUT2D eigenvalue weighted by Gasteiger charge is -2.13. The van der Waals surface area contributed by atoms with Crippen LogP contribution in [0.1, 0.15) is 43.2 Å². The predicted octanol–water partition coefficient (Wildman–Crippen LogP) is 2.44. The van der Waals surface area contributed by atoms with Crippen molar-refractivity contribution in [2.24, 2.45) is 4.36 Å². The highest BCUT2D eigenvalue weighted by molar-refractivity contribution is 7.93. The molecule has 1 aromatic heterocycles. The smallest absolute Gasteiger partial charge is 0.261 e. The van der Waals surface area contributed by atoms with Crippen LogP contribution in [0.15, 0.2) is 22.7 Å². The second-order valence-corrected chi connectivity index (χ2v) is 7.40. The molecule has 0 spiro atoms. The number of hydrogen-bond donors (Lipinski definition) is 0. The fourth-order valence-electron chi connectivity index (χ4n) is 1.58. The van der Waals surface area contributed by atoms with Crippen molar-refractivity contribution in [2.45, 2.75) is 38.9 Å². The number of pyridine rings is 1. The van der Waals surface area contributed by atoms with E-state index in [1.54, 1.807) is 20.0 Å². The fraction of sp³-hybridized carbons (Fsp3) is 0.500. The van der Waals surface area contributed by atoms with E-state index in [9.17, 15) is 13.8 Å². The Bertz CT molecular complexity index is 614. The summed E-state index contributed by atoms with van der Waals surface area (Å²) in [5, 5.41) is -0.420. The maximum Gasteiger partial charge on any atom is 0.261 e. The molecule has 6 heteroatoms. The number of Topliss-reactive ketones (excluding diaryl/α,β-unsaturated/α-hetero) is 1. The van der Waals surface area contributed by atoms with Crippen LogP contribution in [0.25, 0.3) is 0 Å². The van der Waals surface area contributed by atoms with E-state index < -0.39 is 20.9 Å². The van der Waals surface area contributed by atoms with Crippen molar-refractivity contribution in [1.29, 1.82) is 0 Å². The lowest BCUT2D eigenvalue weighted by molar-refractivity contribution is -0.126. The first-order valence-corrected chi connectivity index (χ1v) is 8.43. The third-order valence-electron chi connectivity index (χ3n) is 3.09. The Morgan fingerprint density at radius 2 is 2.05 bits per heavy atom. The molecule has 0 radical (unpaired) electrons. The van der Waals surface area contributed by atoms with E-state index in [0.717, 1.165) is 11.3 Å². The fourth-order valence-corrected chi connectivity index (χ4v) is 2.85. The summed E-state index contributed by atoms with van der Waals surface area (Å²) < 4.78 is 16.3. The number of carbonyl (C=O) groups excluding carboxylic acids is 2. The van der Waals surface area contributed by atoms with Gasteiger partial charge in [0.2, 0.25) is 0 Å². The molecule has 0 aliphatic heterocycles. The summed E-state index contributed by atoms with van der Waals surface area (Å²) in [5.74, 6) is -0.810. The molecular weight excluding hydrogens is 276 g/mol. The van der Waals surface area contributed by atoms with E-state index in [-0.39, 0.29) is 18.6 Å². The Hall–Kier alpha value is -1.56. The standard InChI is InChI=1S/C14H20N2O3S/c1-5-13(17)8-14(18)16-20(4,19)11(3)12-7-6-10(2)15-9-12/h6-7,9,11H,5,8H2,1-4H3. The number of ketones is 1. The molecule has 0 saturated heterocycles. The lowest BCUT2D eigenvalue weighted by Crippen LogP contribution is -2.13. The van der Waals surface area contributed by atoms with Crippen molar-refractivity contribution in [3.8, 4) is 0 Å². The minimum Gasteiger partial charge on any atom is -0.299 e. The van der Waals surface area contributed by atoms with Crippen LogP contribution in [0.4, 0.5) is 0 Å². The topological polar surface area (TPSA) is 76.5 Å². The molecule has 2 atom stereocenters. The minimum atomic E-state index is -2.75. The van der Waals surface area contributed by atoms with Crippen LogP contribution in [0.5, 0.6) is 0 Å². The van der Waals surface area contributed by atoms with E-state index in [2.05, 4.69) is 9.35 Å². The molecule has 0 aliphatic carbocycles. The van der Waals surface area contributed by atoms with Gasteiger partial charge in [-0.05, 0) is 25.5 Å². The second-order valence-electron chi connectivity index (χ2n) is 4.79. The minimum absolute atomic E-state index is 0.196. The molecule has 1 heterocycles. The van der Waals surface area contributed by atoms with Crippen LogP contribution in [-0.2, 0) is 19.3 Å². The third kappa shape index (κ3) is 4.52. The van der Waals surface area contributed by atoms with Crippen molar-refractivity contribution in [3.63, 3.8) is 0 Å². The zero-order valence-electron chi connectivity index (χ0n) is 12.3. The Balaban J connectivity index is 2.97. The second kappa shape index (κ2) is 6.74. The van der Waals surface area contributed by atoms with Gasteiger partial charge < -0.3 is 0 Å². The summed E-state index contributed by atoms with van der Waals surface area (Å²) in [5.41, 5.74) is 1.63. The van der Waals surface area contributed by atoms with Crippen LogP contribution in [0.2, 0.25) is 0 Å². The van der Waals surface area contributed by atoms with Gasteiger partial charge in [0.25, 0.3) is 5.91 Å². The molecule has 1 rings (SSSR count). The SMILES string of the molecule is CCC(=O)CC(=O)N=S(C)(=O)C(C)c1ccc(C)nc1. The van der Waals surface area contributed by atoms with Crippen LogP contribution >= 0.6 is 0 Å². The first kappa shape index (κ1) is 16.5. The first-order chi connectivity index (χ1) is 9.26. The highest BCUT2D eigenvalue weighted by Gasteiger charge is 2.18. The van der Waals surface area contributed by atoms with Gasteiger partial charge in [-0.25, -0.2) is 4.21 Å². The predicted molar refractivity (Wildman–Crippen MR) is 78.8 cm³/mol. The molecule has 0 bridgehead atoms. The molecular formula is C14H20N2O3S. The van der Waals surface area contributed by atoms with Gasteiger partial charge in [0, 0.05) is 24.6 Å². The largest absolute Gasteiger partial charge is 0.299 e. The van der Waals surface area contributed by atoms with E-state index in [1.165, 1.54) is 6.26 Å². The normalized spacial score (nSPS) is 15.2. The highest BCUT2D eigenvalue weighted by atomic mass is 32.2. The van der Waals surface area contributed by atoms with Crippen molar-refractivity contribution in [1.82, 2.24) is 4.98 Å². The van der Waals surface area contributed by atoms with E-state index in [1.807, 2.05) is 19.1 Å². The van der Waals surface area contributed by atoms with E-state index >= 15 is 0 Å². The molecule has 0 fully saturated rings. The van der Waals surface area contributed by atoms with Gasteiger partial charge >= 0.3 is 0 Å². The molecule has 2 unspecified atom stereocenters. The molecule has 1 aromatic rings. The van der Waals surface area contributed by atoms with Crippen LogP contribution in [-0.4, -0.2) is 27.1 Å². The average Bonchev–Trinajstić information content (AvgIpc) is 2.37. The molecule has 20 heavy (non-hydrogen) atoms. The van der Waals surface area contributed by atoms with Gasteiger partial charge in [0.05, 0.1) is 21.4 Å². The van der Waals surface area contributed by atoms with Gasteiger partial charge in [0.1, 0.15) is 5.78 Å². The molecule has 5 nitrogen and oxygen atoms in total. The first-order valence-electron chi connectivity index (χ1n) is 6.44. The van der Waals surface area contributed by atoms with Crippen LogP contribution in [0.3, 0.4) is 0 Å². The summed E-state index contributed by atoms with van der Waals surface area (Å²) in [6, 6.07) is 3.65. The Labute approximate surface area is 120 Å². The molecule has 1 amide bonds. The number of aromatic nitrogens is 1. The van der Waals surface area contributed by atoms with Gasteiger partial charge in [-0.15, -0.1) is 0 Å². The summed E-state index contributed by atoms with van der Waals surface area (Å²) in [4.78, 5) is 27.0. The number of carbonyl (C=O) groups is 2. The van der Waals surface area contributed by atoms with Crippen LogP contribution in [0, 0.1) is 6.92 Å². The summed E-state index contributed by atoms with van der Waals surface area (Å²) in [7, 11) is -2.75. The number of hydrogen-bond acceptors (Lipinski definition) is 4. The van der Waals surface area contributed by atoms with Gasteiger partial charge in [0.15, 0.2) is 0 Å². The average molecular weight is 296 g/mol. The maximum absolute atomic E-state index is 12.5.